The Morgan fingerprint density at radius 3 is 2.15 bits per heavy atom. The number of nitro groups is 1. The minimum atomic E-state index is -3.88. The molecule has 2 amide bonds. The Bertz CT molecular complexity index is 991. The molecule has 0 saturated carbocycles. The SMILES string of the molecule is NS(=O)(=O)c1ccc(NC(=O)C(=O)Nc2cc([N+](=O)[O-])ccc2Cl)cc1. The largest absolute Gasteiger partial charge is 0.318 e. The second-order valence-electron chi connectivity index (χ2n) is 4.90. The molecule has 2 aromatic rings. The van der Waals surface area contributed by atoms with Crippen molar-refractivity contribution in [2.24, 2.45) is 5.14 Å². The summed E-state index contributed by atoms with van der Waals surface area (Å²) >= 11 is 5.83. The Kier molecular flexibility index (Phi) is 5.55. The predicted octanol–water partition coefficient (Wildman–Crippen LogP) is 1.47. The van der Waals surface area contributed by atoms with Gasteiger partial charge in [0.05, 0.1) is 20.5 Å². The summed E-state index contributed by atoms with van der Waals surface area (Å²) in [5.74, 6) is -2.21. The first kappa shape index (κ1) is 19.3. The van der Waals surface area contributed by atoms with E-state index in [1.165, 1.54) is 18.2 Å². The molecular formula is C14H11ClN4O6S. The molecule has 4 N–H and O–H groups in total. The molecule has 0 spiro atoms. The van der Waals surface area contributed by atoms with Gasteiger partial charge in [0.25, 0.3) is 5.69 Å². The molecule has 0 heterocycles. The number of amides is 2. The van der Waals surface area contributed by atoms with Crippen LogP contribution in [0.5, 0.6) is 0 Å². The van der Waals surface area contributed by atoms with E-state index in [4.69, 9.17) is 16.7 Å². The molecule has 2 rings (SSSR count). The van der Waals surface area contributed by atoms with Gasteiger partial charge in [-0.05, 0) is 30.3 Å². The third kappa shape index (κ3) is 4.75. The van der Waals surface area contributed by atoms with E-state index in [1.807, 2.05) is 0 Å². The lowest BCUT2D eigenvalue weighted by Crippen LogP contribution is -2.29. The van der Waals surface area contributed by atoms with Crippen molar-refractivity contribution in [2.45, 2.75) is 4.90 Å². The van der Waals surface area contributed by atoms with E-state index in [1.54, 1.807) is 0 Å². The van der Waals surface area contributed by atoms with Crippen LogP contribution in [0.1, 0.15) is 0 Å². The molecule has 0 aliphatic carbocycles. The van der Waals surface area contributed by atoms with Gasteiger partial charge < -0.3 is 10.6 Å². The first-order valence-corrected chi connectivity index (χ1v) is 8.69. The molecule has 0 unspecified atom stereocenters. The minimum absolute atomic E-state index is 0.00857. The average Bonchev–Trinajstić information content (AvgIpc) is 2.56. The van der Waals surface area contributed by atoms with Crippen LogP contribution in [-0.4, -0.2) is 25.2 Å². The van der Waals surface area contributed by atoms with E-state index in [0.29, 0.717) is 0 Å². The quantitative estimate of drug-likeness (QED) is 0.401. The fourth-order valence-electron chi connectivity index (χ4n) is 1.82. The van der Waals surface area contributed by atoms with Gasteiger partial charge in [-0.15, -0.1) is 0 Å². The van der Waals surface area contributed by atoms with Crippen molar-refractivity contribution in [2.75, 3.05) is 10.6 Å². The lowest BCUT2D eigenvalue weighted by Gasteiger charge is -2.08. The monoisotopic (exact) mass is 398 g/mol. The van der Waals surface area contributed by atoms with Gasteiger partial charge in [-0.1, -0.05) is 11.6 Å². The van der Waals surface area contributed by atoms with Crippen molar-refractivity contribution in [1.82, 2.24) is 0 Å². The fourth-order valence-corrected chi connectivity index (χ4v) is 2.50. The van der Waals surface area contributed by atoms with Crippen LogP contribution in [0, 0.1) is 10.1 Å². The van der Waals surface area contributed by atoms with Crippen LogP contribution in [0.2, 0.25) is 5.02 Å². The number of primary sulfonamides is 1. The van der Waals surface area contributed by atoms with E-state index in [9.17, 15) is 28.1 Å². The van der Waals surface area contributed by atoms with E-state index < -0.39 is 26.8 Å². The molecule has 26 heavy (non-hydrogen) atoms. The smallest absolute Gasteiger partial charge is 0.314 e. The number of sulfonamides is 1. The second-order valence-corrected chi connectivity index (χ2v) is 6.87. The molecule has 0 aliphatic heterocycles. The van der Waals surface area contributed by atoms with E-state index >= 15 is 0 Å². The molecule has 10 nitrogen and oxygen atoms in total. The van der Waals surface area contributed by atoms with Crippen LogP contribution in [0.15, 0.2) is 47.4 Å². The number of hydrogen-bond acceptors (Lipinski definition) is 6. The van der Waals surface area contributed by atoms with Gasteiger partial charge in [0.15, 0.2) is 0 Å². The number of nitrogens with zero attached hydrogens (tertiary/aromatic N) is 1. The molecule has 136 valence electrons. The molecule has 0 radical (unpaired) electrons. The first-order valence-electron chi connectivity index (χ1n) is 6.77. The fraction of sp³-hybridized carbons (Fsp3) is 0. The number of hydrogen-bond donors (Lipinski definition) is 3. The Hall–Kier alpha value is -3.02. The Balaban J connectivity index is 2.10. The predicted molar refractivity (Wildman–Crippen MR) is 93.2 cm³/mol. The average molecular weight is 399 g/mol. The van der Waals surface area contributed by atoms with Gasteiger partial charge in [-0.25, -0.2) is 13.6 Å². The van der Waals surface area contributed by atoms with Gasteiger partial charge in [-0.3, -0.25) is 19.7 Å². The molecule has 0 aliphatic rings. The minimum Gasteiger partial charge on any atom is -0.318 e. The van der Waals surface area contributed by atoms with Gasteiger partial charge in [0.2, 0.25) is 10.0 Å². The summed E-state index contributed by atoms with van der Waals surface area (Å²) in [6, 6.07) is 8.15. The number of carbonyl (C=O) groups is 2. The second kappa shape index (κ2) is 7.47. The number of carbonyl (C=O) groups excluding carboxylic acids is 2. The summed E-state index contributed by atoms with van der Waals surface area (Å²) in [4.78, 5) is 33.7. The lowest BCUT2D eigenvalue weighted by molar-refractivity contribution is -0.384. The van der Waals surface area contributed by atoms with E-state index in [0.717, 1.165) is 24.3 Å². The number of halogens is 1. The van der Waals surface area contributed by atoms with Crippen molar-refractivity contribution in [1.29, 1.82) is 0 Å². The zero-order valence-corrected chi connectivity index (χ0v) is 14.4. The highest BCUT2D eigenvalue weighted by Gasteiger charge is 2.18. The van der Waals surface area contributed by atoms with E-state index in [-0.39, 0.29) is 27.0 Å². The highest BCUT2D eigenvalue weighted by molar-refractivity contribution is 7.89. The highest BCUT2D eigenvalue weighted by Crippen LogP contribution is 2.26. The van der Waals surface area contributed by atoms with Gasteiger partial charge in [0.1, 0.15) is 0 Å². The number of nitrogens with one attached hydrogen (secondary N) is 2. The van der Waals surface area contributed by atoms with Crippen LogP contribution in [0.3, 0.4) is 0 Å². The van der Waals surface area contributed by atoms with Gasteiger partial charge in [0, 0.05) is 17.8 Å². The molecular weight excluding hydrogens is 388 g/mol. The Morgan fingerprint density at radius 1 is 1.04 bits per heavy atom. The maximum absolute atomic E-state index is 11.9. The molecule has 2 aromatic carbocycles. The Morgan fingerprint density at radius 2 is 1.62 bits per heavy atom. The third-order valence-electron chi connectivity index (χ3n) is 3.06. The number of benzene rings is 2. The number of non-ortho nitro benzene ring substituents is 1. The zero-order chi connectivity index (χ0) is 19.5. The van der Waals surface area contributed by atoms with Crippen LogP contribution in [-0.2, 0) is 19.6 Å². The van der Waals surface area contributed by atoms with Crippen molar-refractivity contribution in [3.8, 4) is 0 Å². The number of nitrogens with two attached hydrogens (primary N) is 1. The summed E-state index contributed by atoms with van der Waals surface area (Å²) in [5, 5.41) is 20.1. The van der Waals surface area contributed by atoms with Crippen LogP contribution < -0.4 is 15.8 Å². The molecule has 0 bridgehead atoms. The molecule has 0 fully saturated rings. The van der Waals surface area contributed by atoms with Gasteiger partial charge in [-0.2, -0.15) is 0 Å². The summed E-state index contributed by atoms with van der Waals surface area (Å²) in [6.45, 7) is 0. The number of rotatable bonds is 4. The summed E-state index contributed by atoms with van der Waals surface area (Å²) in [5.41, 5.74) is -0.281. The topological polar surface area (TPSA) is 162 Å². The van der Waals surface area contributed by atoms with Crippen molar-refractivity contribution in [3.05, 3.63) is 57.6 Å². The van der Waals surface area contributed by atoms with E-state index in [2.05, 4.69) is 10.6 Å². The van der Waals surface area contributed by atoms with Crippen LogP contribution in [0.25, 0.3) is 0 Å². The maximum Gasteiger partial charge on any atom is 0.314 e. The highest BCUT2D eigenvalue weighted by atomic mass is 35.5. The molecule has 0 aromatic heterocycles. The molecule has 0 atom stereocenters. The van der Waals surface area contributed by atoms with Gasteiger partial charge >= 0.3 is 11.8 Å². The summed E-state index contributed by atoms with van der Waals surface area (Å²) in [7, 11) is -3.88. The first-order chi connectivity index (χ1) is 12.1. The maximum atomic E-state index is 11.9. The summed E-state index contributed by atoms with van der Waals surface area (Å²) in [6.07, 6.45) is 0. The Labute approximate surface area is 152 Å². The standard InChI is InChI=1S/C14H11ClN4O6S/c15-11-6-3-9(19(22)23)7-12(11)18-14(21)13(20)17-8-1-4-10(5-2-8)26(16,24)25/h1-7H,(H,17,20)(H,18,21)(H2,16,24,25). The number of anilines is 2. The van der Waals surface area contributed by atoms with Crippen molar-refractivity contribution >= 4 is 50.5 Å². The normalized spacial score (nSPS) is 10.8. The number of nitro benzene ring substituents is 1. The molecule has 0 saturated heterocycles. The zero-order valence-electron chi connectivity index (χ0n) is 12.8. The lowest BCUT2D eigenvalue weighted by atomic mass is 10.2. The van der Waals surface area contributed by atoms with Crippen molar-refractivity contribution < 1.29 is 22.9 Å². The summed E-state index contributed by atoms with van der Waals surface area (Å²) < 4.78 is 22.3. The molecule has 12 heteroatoms. The van der Waals surface area contributed by atoms with Crippen LogP contribution in [0.4, 0.5) is 17.1 Å². The van der Waals surface area contributed by atoms with Crippen molar-refractivity contribution in [3.63, 3.8) is 0 Å². The van der Waals surface area contributed by atoms with Crippen LogP contribution >= 0.6 is 11.6 Å². The third-order valence-corrected chi connectivity index (χ3v) is 4.31.